The van der Waals surface area contributed by atoms with E-state index in [0.717, 1.165) is 33.8 Å². The Balaban J connectivity index is 1.34. The van der Waals surface area contributed by atoms with Crippen molar-refractivity contribution in [3.05, 3.63) is 71.6 Å². The Hall–Kier alpha value is -3.90. The summed E-state index contributed by atoms with van der Waals surface area (Å²) in [5, 5.41) is 5.50. The Bertz CT molecular complexity index is 1360. The van der Waals surface area contributed by atoms with Crippen LogP contribution in [0.2, 0.25) is 5.02 Å². The number of rotatable bonds is 6. The third-order valence-corrected chi connectivity index (χ3v) is 6.18. The van der Waals surface area contributed by atoms with Crippen LogP contribution in [0, 0.1) is 0 Å². The molecule has 2 aromatic heterocycles. The molecule has 0 spiro atoms. The number of aromatic nitrogens is 3. The first-order valence-electron chi connectivity index (χ1n) is 10.3. The molecule has 0 bridgehead atoms. The highest BCUT2D eigenvalue weighted by Crippen LogP contribution is 2.34. The molecule has 8 nitrogen and oxygen atoms in total. The predicted molar refractivity (Wildman–Crippen MR) is 133 cm³/mol. The molecule has 0 fully saturated rings. The quantitative estimate of drug-likeness (QED) is 0.283. The van der Waals surface area contributed by atoms with Crippen LogP contribution in [-0.4, -0.2) is 35.1 Å². The van der Waals surface area contributed by atoms with Crippen LogP contribution in [0.25, 0.3) is 10.4 Å². The fraction of sp³-hybridized carbons (Fsp3) is 0.130. The summed E-state index contributed by atoms with van der Waals surface area (Å²) in [6.07, 6.45) is -0.0764. The minimum atomic E-state index is -4.54. The monoisotopic (exact) mass is 534 g/mol. The molecule has 0 radical (unpaired) electrons. The molecule has 0 aliphatic heterocycles. The molecule has 0 atom stereocenters. The zero-order valence-corrected chi connectivity index (χ0v) is 20.4. The van der Waals surface area contributed by atoms with Gasteiger partial charge in [0.25, 0.3) is 0 Å². The topological polar surface area (TPSA) is 92.3 Å². The first-order chi connectivity index (χ1) is 17.1. The number of nitrogens with one attached hydrogen (secondary N) is 2. The summed E-state index contributed by atoms with van der Waals surface area (Å²) in [7, 11) is 3.86. The van der Waals surface area contributed by atoms with Gasteiger partial charge in [-0.15, -0.1) is 0 Å². The van der Waals surface area contributed by atoms with Gasteiger partial charge in [0.2, 0.25) is 0 Å². The molecule has 4 rings (SSSR count). The summed E-state index contributed by atoms with van der Waals surface area (Å²) in [6.45, 7) is 0. The Labute approximate surface area is 212 Å². The highest BCUT2D eigenvalue weighted by molar-refractivity contribution is 7.18. The summed E-state index contributed by atoms with van der Waals surface area (Å²) in [4.78, 5) is 27.6. The zero-order valence-electron chi connectivity index (χ0n) is 18.8. The van der Waals surface area contributed by atoms with Gasteiger partial charge in [-0.3, -0.25) is 0 Å². The maximum atomic E-state index is 12.7. The van der Waals surface area contributed by atoms with Crippen molar-refractivity contribution in [2.75, 3.05) is 29.6 Å². The van der Waals surface area contributed by atoms with E-state index in [9.17, 15) is 18.0 Å². The summed E-state index contributed by atoms with van der Waals surface area (Å²) in [5.74, 6) is 0.520. The fourth-order valence-electron chi connectivity index (χ4n) is 2.91. The van der Waals surface area contributed by atoms with Crippen molar-refractivity contribution in [2.24, 2.45) is 0 Å². The van der Waals surface area contributed by atoms with Crippen molar-refractivity contribution >= 4 is 45.5 Å². The van der Waals surface area contributed by atoms with Gasteiger partial charge in [-0.25, -0.2) is 19.7 Å². The Kier molecular flexibility index (Phi) is 7.27. The molecule has 36 heavy (non-hydrogen) atoms. The van der Waals surface area contributed by atoms with E-state index in [1.165, 1.54) is 12.4 Å². The van der Waals surface area contributed by atoms with Crippen molar-refractivity contribution < 1.29 is 22.7 Å². The average Bonchev–Trinajstić information content (AvgIpc) is 3.32. The molecular weight excluding hydrogens is 517 g/mol. The van der Waals surface area contributed by atoms with Crippen LogP contribution in [0.5, 0.6) is 11.8 Å². The highest BCUT2D eigenvalue weighted by atomic mass is 35.5. The number of hydrogen-bond acceptors (Lipinski definition) is 7. The van der Waals surface area contributed by atoms with Gasteiger partial charge < -0.3 is 20.3 Å². The second-order valence-electron chi connectivity index (χ2n) is 7.55. The number of urea groups is 1. The van der Waals surface area contributed by atoms with Crippen molar-refractivity contribution in [3.8, 4) is 22.2 Å². The van der Waals surface area contributed by atoms with Gasteiger partial charge in [-0.2, -0.15) is 13.2 Å². The maximum Gasteiger partial charge on any atom is 0.416 e. The third kappa shape index (κ3) is 6.20. The highest BCUT2D eigenvalue weighted by Gasteiger charge is 2.31. The smallest absolute Gasteiger partial charge is 0.416 e. The summed E-state index contributed by atoms with van der Waals surface area (Å²) >= 11 is 7.42. The lowest BCUT2D eigenvalue weighted by molar-refractivity contribution is -0.137. The molecular formula is C23H18ClF3N6O2S. The van der Waals surface area contributed by atoms with Gasteiger partial charge >= 0.3 is 18.2 Å². The van der Waals surface area contributed by atoms with Crippen LogP contribution in [0.15, 0.2) is 61.1 Å². The number of ether oxygens (including phenoxy) is 1. The number of anilines is 3. The molecule has 2 amide bonds. The lowest BCUT2D eigenvalue weighted by Gasteiger charge is -2.12. The van der Waals surface area contributed by atoms with E-state index >= 15 is 0 Å². The van der Waals surface area contributed by atoms with Crippen LogP contribution in [0.1, 0.15) is 5.56 Å². The minimum Gasteiger partial charge on any atom is -0.424 e. The van der Waals surface area contributed by atoms with E-state index in [1.54, 1.807) is 23.5 Å². The second-order valence-corrected chi connectivity index (χ2v) is 8.97. The van der Waals surface area contributed by atoms with Gasteiger partial charge in [0.15, 0.2) is 5.13 Å². The molecule has 0 aliphatic rings. The number of amides is 2. The van der Waals surface area contributed by atoms with Crippen LogP contribution < -0.4 is 20.3 Å². The lowest BCUT2D eigenvalue weighted by Crippen LogP contribution is -2.20. The number of carbonyl (C=O) groups is 1. The second kappa shape index (κ2) is 10.4. The molecule has 2 heterocycles. The van der Waals surface area contributed by atoms with E-state index in [2.05, 4.69) is 25.6 Å². The Morgan fingerprint density at radius 1 is 1.00 bits per heavy atom. The molecule has 0 aliphatic carbocycles. The molecule has 0 saturated carbocycles. The summed E-state index contributed by atoms with van der Waals surface area (Å²) < 4.78 is 43.9. The van der Waals surface area contributed by atoms with Crippen molar-refractivity contribution in [1.82, 2.24) is 15.0 Å². The third-order valence-electron chi connectivity index (χ3n) is 4.65. The molecule has 0 unspecified atom stereocenters. The maximum absolute atomic E-state index is 12.7. The molecule has 4 aromatic rings. The van der Waals surface area contributed by atoms with Crippen LogP contribution in [-0.2, 0) is 6.18 Å². The zero-order chi connectivity index (χ0) is 25.9. The standard InChI is InChI=1S/C23H18ClF3N6O2S/c1-33(2)22-30-12-19(36-22)13-3-6-16(7-4-13)35-21-28-10-15(11-29-21)31-20(34)32-18-8-5-14(9-17(18)24)23(25,26)27/h3-12H,1-2H3,(H2,31,32,34). The van der Waals surface area contributed by atoms with E-state index in [-0.39, 0.29) is 22.4 Å². The van der Waals surface area contributed by atoms with E-state index < -0.39 is 17.8 Å². The first-order valence-corrected chi connectivity index (χ1v) is 11.5. The van der Waals surface area contributed by atoms with Crippen LogP contribution in [0.4, 0.5) is 34.5 Å². The summed E-state index contributed by atoms with van der Waals surface area (Å²) in [6, 6.07) is 9.31. The van der Waals surface area contributed by atoms with Gasteiger partial charge in [-0.1, -0.05) is 22.9 Å². The van der Waals surface area contributed by atoms with Crippen molar-refractivity contribution in [3.63, 3.8) is 0 Å². The van der Waals surface area contributed by atoms with E-state index in [0.29, 0.717) is 5.75 Å². The number of hydrogen-bond donors (Lipinski definition) is 2. The van der Waals surface area contributed by atoms with Gasteiger partial charge in [0.05, 0.1) is 39.2 Å². The number of benzene rings is 2. The summed E-state index contributed by atoms with van der Waals surface area (Å²) in [5.41, 5.74) is 0.328. The Morgan fingerprint density at radius 2 is 1.69 bits per heavy atom. The largest absolute Gasteiger partial charge is 0.424 e. The Morgan fingerprint density at radius 3 is 2.28 bits per heavy atom. The van der Waals surface area contributed by atoms with Crippen LogP contribution in [0.3, 0.4) is 0 Å². The lowest BCUT2D eigenvalue weighted by atomic mass is 10.2. The fourth-order valence-corrected chi connectivity index (χ4v) is 3.98. The molecule has 2 N–H and O–H groups in total. The molecule has 0 saturated heterocycles. The van der Waals surface area contributed by atoms with Crippen molar-refractivity contribution in [2.45, 2.75) is 6.18 Å². The number of alkyl halides is 3. The molecule has 2 aromatic carbocycles. The number of halogens is 4. The number of nitrogens with zero attached hydrogens (tertiary/aromatic N) is 4. The molecule has 186 valence electrons. The SMILES string of the molecule is CN(C)c1ncc(-c2ccc(Oc3ncc(NC(=O)Nc4ccc(C(F)(F)F)cc4Cl)cn3)cc2)s1. The van der Waals surface area contributed by atoms with E-state index in [4.69, 9.17) is 16.3 Å². The van der Waals surface area contributed by atoms with Crippen molar-refractivity contribution in [1.29, 1.82) is 0 Å². The number of thiazole rings is 1. The van der Waals surface area contributed by atoms with Gasteiger partial charge in [0.1, 0.15) is 5.75 Å². The first kappa shape index (κ1) is 25.2. The average molecular weight is 535 g/mol. The van der Waals surface area contributed by atoms with Gasteiger partial charge in [-0.05, 0) is 48.0 Å². The number of carbonyl (C=O) groups excluding carboxylic acids is 1. The normalized spacial score (nSPS) is 11.2. The molecule has 13 heteroatoms. The minimum absolute atomic E-state index is 0.0164. The van der Waals surface area contributed by atoms with Gasteiger partial charge in [0, 0.05) is 20.3 Å². The van der Waals surface area contributed by atoms with E-state index in [1.807, 2.05) is 37.3 Å². The predicted octanol–water partition coefficient (Wildman–Crippen LogP) is 6.77. The van der Waals surface area contributed by atoms with Crippen LogP contribution >= 0.6 is 22.9 Å².